The number of carboxylic acid groups (broad SMARTS) is 1. The van der Waals surface area contributed by atoms with Gasteiger partial charge in [-0.3, -0.25) is 0 Å². The van der Waals surface area contributed by atoms with Crippen molar-refractivity contribution in [3.05, 3.63) is 35.4 Å². The molecule has 0 amide bonds. The van der Waals surface area contributed by atoms with E-state index in [0.717, 1.165) is 6.07 Å². The minimum Gasteiger partial charge on any atom is -0.502 e. The number of hydrogen-bond donors (Lipinski definition) is 1. The van der Waals surface area contributed by atoms with Crippen molar-refractivity contribution in [3.8, 4) is 0 Å². The first kappa shape index (κ1) is 15.1. The number of carboxylic acids is 1. The van der Waals surface area contributed by atoms with Gasteiger partial charge in [0.05, 0.1) is 11.1 Å². The van der Waals surface area contributed by atoms with Crippen LogP contribution in [0.1, 0.15) is 20.7 Å². The summed E-state index contributed by atoms with van der Waals surface area (Å²) in [6.45, 7) is 0. The molecule has 1 rings (SSSR count). The van der Waals surface area contributed by atoms with Crippen molar-refractivity contribution in [3.63, 3.8) is 0 Å². The van der Waals surface area contributed by atoms with E-state index in [1.54, 1.807) is 0 Å². The van der Waals surface area contributed by atoms with Gasteiger partial charge in [0.1, 0.15) is 11.0 Å². The van der Waals surface area contributed by atoms with Crippen molar-refractivity contribution in [2.45, 2.75) is 0 Å². The van der Waals surface area contributed by atoms with Crippen LogP contribution in [0.5, 0.6) is 0 Å². The maximum absolute atomic E-state index is 11.0. The van der Waals surface area contributed by atoms with Crippen LogP contribution in [0.25, 0.3) is 0 Å². The predicted octanol–water partition coefficient (Wildman–Crippen LogP) is -2.23. The summed E-state index contributed by atoms with van der Waals surface area (Å²) in [6, 6.07) is 4.86. The van der Waals surface area contributed by atoms with E-state index < -0.39 is 22.9 Å². The van der Waals surface area contributed by atoms with Crippen LogP contribution in [0, 0.1) is 0 Å². The summed E-state index contributed by atoms with van der Waals surface area (Å²) in [5, 5.41) is 8.60. The van der Waals surface area contributed by atoms with Crippen molar-refractivity contribution in [2.75, 3.05) is 0 Å². The van der Waals surface area contributed by atoms with Gasteiger partial charge in [-0.2, -0.15) is 0 Å². The van der Waals surface area contributed by atoms with Gasteiger partial charge in [0.2, 0.25) is 0 Å². The van der Waals surface area contributed by atoms with Crippen LogP contribution in [0.3, 0.4) is 0 Å². The Morgan fingerprint density at radius 1 is 1.19 bits per heavy atom. The van der Waals surface area contributed by atoms with Crippen molar-refractivity contribution >= 4 is 22.9 Å². The summed E-state index contributed by atoms with van der Waals surface area (Å²) in [5.41, 5.74) is -0.264. The minimum atomic E-state index is -2.96. The van der Waals surface area contributed by atoms with Crippen molar-refractivity contribution in [1.82, 2.24) is 0 Å². The number of carbonyl (C=O) groups excluding carboxylic acids is 1. The quantitative estimate of drug-likeness (QED) is 0.483. The molecule has 8 heteroatoms. The van der Waals surface area contributed by atoms with E-state index in [9.17, 15) is 18.0 Å². The number of rotatable bonds is 3. The second-order valence-electron chi connectivity index (χ2n) is 2.46. The smallest absolute Gasteiger partial charge is 0.502 e. The largest absolute Gasteiger partial charge is 1.00 e. The van der Waals surface area contributed by atoms with Crippen molar-refractivity contribution < 1.29 is 56.9 Å². The molecule has 0 spiro atoms. The maximum atomic E-state index is 11.0. The van der Waals surface area contributed by atoms with Crippen LogP contribution in [0.4, 0.5) is 0 Å². The third-order valence-electron chi connectivity index (χ3n) is 1.49. The molecular weight excluding hydrogens is 247 g/mol. The van der Waals surface area contributed by atoms with Crippen molar-refractivity contribution in [2.24, 2.45) is 0 Å². The molecule has 0 radical (unpaired) electrons. The predicted molar refractivity (Wildman–Crippen MR) is 47.6 cm³/mol. The molecule has 0 aliphatic heterocycles. The first-order chi connectivity index (χ1) is 7.00. The van der Waals surface area contributed by atoms with Crippen LogP contribution in [0.15, 0.2) is 24.3 Å². The van der Waals surface area contributed by atoms with E-state index in [-0.39, 0.29) is 40.7 Å². The molecule has 0 heterocycles. The number of hydrogen-bond acceptors (Lipinski definition) is 6. The summed E-state index contributed by atoms with van der Waals surface area (Å²) < 4.78 is 23.9. The van der Waals surface area contributed by atoms with Crippen LogP contribution in [0.2, 0.25) is 0 Å². The van der Waals surface area contributed by atoms with E-state index in [1.165, 1.54) is 18.2 Å². The molecule has 0 bridgehead atoms. The summed E-state index contributed by atoms with van der Waals surface area (Å²) in [4.78, 5) is 21.5. The molecule has 0 unspecified atom stereocenters. The van der Waals surface area contributed by atoms with Gasteiger partial charge in [-0.15, -0.1) is 0 Å². The number of benzene rings is 1. The zero-order valence-corrected chi connectivity index (χ0v) is 11.0. The van der Waals surface area contributed by atoms with E-state index in [0.29, 0.717) is 0 Å². The Kier molecular flexibility index (Phi) is 6.27. The van der Waals surface area contributed by atoms with Gasteiger partial charge < -0.3 is 17.7 Å². The zero-order valence-electron chi connectivity index (χ0n) is 8.21. The zero-order chi connectivity index (χ0) is 11.4. The molecule has 0 aliphatic rings. The van der Waals surface area contributed by atoms with Gasteiger partial charge in [0, 0.05) is 0 Å². The van der Waals surface area contributed by atoms with Gasteiger partial charge in [0.15, 0.2) is 0 Å². The van der Waals surface area contributed by atoms with Gasteiger partial charge in [0.25, 0.3) is 0 Å². The summed E-state index contributed by atoms with van der Waals surface area (Å²) in [7, 11) is -2.96. The normalized spacial score (nSPS) is 9.31. The molecule has 0 aliphatic carbocycles. The Balaban J connectivity index is 0.00000225. The van der Waals surface area contributed by atoms with E-state index in [4.69, 9.17) is 5.11 Å². The van der Waals surface area contributed by atoms with Gasteiger partial charge in [-0.1, -0.05) is 6.07 Å². The molecule has 16 heavy (non-hydrogen) atoms. The fourth-order valence-electron chi connectivity index (χ4n) is 0.889. The average molecular weight is 252 g/mol. The van der Waals surface area contributed by atoms with E-state index in [1.807, 2.05) is 0 Å². The standard InChI is InChI=1S/C8H5O6S.Na/c9-7(10)5-2-1-3-6(4-5)8(11)14-15(12)13;/h1-4H,(H,9,10);/q-1;+1. The Hall–Kier alpha value is -0.890. The fourth-order valence-corrected chi connectivity index (χ4v) is 1.11. The SMILES string of the molecule is O=C(O)c1cccc(C(=O)O[S-](=O)=O)c1.[Na+]. The van der Waals surface area contributed by atoms with E-state index >= 15 is 0 Å². The molecular formula is C8H5NaO6S. The van der Waals surface area contributed by atoms with Crippen LogP contribution >= 0.6 is 0 Å². The third-order valence-corrected chi connectivity index (χ3v) is 1.78. The number of carbonyl (C=O) groups is 2. The Labute approximate surface area is 115 Å². The molecule has 0 saturated heterocycles. The molecule has 1 N–H and O–H groups in total. The molecule has 0 saturated carbocycles. The second kappa shape index (κ2) is 6.64. The summed E-state index contributed by atoms with van der Waals surface area (Å²) in [5.74, 6) is -2.33. The topological polar surface area (TPSA) is 97.7 Å². The fraction of sp³-hybridized carbons (Fsp3) is 0. The first-order valence-electron chi connectivity index (χ1n) is 3.66. The van der Waals surface area contributed by atoms with E-state index in [2.05, 4.69) is 4.18 Å². The maximum Gasteiger partial charge on any atom is 1.00 e. The summed E-state index contributed by atoms with van der Waals surface area (Å²) >= 11 is 0. The van der Waals surface area contributed by atoms with Crippen LogP contribution in [-0.4, -0.2) is 17.0 Å². The van der Waals surface area contributed by atoms with Gasteiger partial charge in [-0.25, -0.2) is 9.59 Å². The molecule has 1 aromatic rings. The molecule has 0 aromatic heterocycles. The van der Waals surface area contributed by atoms with Gasteiger partial charge >= 0.3 is 41.5 Å². The monoisotopic (exact) mass is 252 g/mol. The van der Waals surface area contributed by atoms with Gasteiger partial charge in [-0.05, 0) is 18.2 Å². The van der Waals surface area contributed by atoms with Crippen molar-refractivity contribution in [1.29, 1.82) is 0 Å². The third kappa shape index (κ3) is 4.31. The minimum absolute atomic E-state index is 0. The Morgan fingerprint density at radius 2 is 1.75 bits per heavy atom. The Bertz CT molecular complexity index is 473. The number of aromatic carboxylic acids is 1. The van der Waals surface area contributed by atoms with Crippen LogP contribution in [-0.2, 0) is 23.6 Å². The molecule has 6 nitrogen and oxygen atoms in total. The average Bonchev–Trinajstić information content (AvgIpc) is 2.17. The second-order valence-corrected chi connectivity index (χ2v) is 3.04. The van der Waals surface area contributed by atoms with Crippen LogP contribution < -0.4 is 29.6 Å². The molecule has 1 aromatic carbocycles. The Morgan fingerprint density at radius 3 is 2.25 bits per heavy atom. The summed E-state index contributed by atoms with van der Waals surface area (Å²) in [6.07, 6.45) is 0. The molecule has 0 atom stereocenters. The first-order valence-corrected chi connectivity index (χ1v) is 4.66. The molecule has 0 fully saturated rings. The molecule has 80 valence electrons.